The van der Waals surface area contributed by atoms with E-state index >= 15 is 0 Å². The average molecular weight is 334 g/mol. The van der Waals surface area contributed by atoms with Crippen LogP contribution in [0.1, 0.15) is 35.8 Å². The van der Waals surface area contributed by atoms with E-state index in [0.29, 0.717) is 10.7 Å². The summed E-state index contributed by atoms with van der Waals surface area (Å²) >= 11 is 7.51. The first-order valence-corrected chi connectivity index (χ1v) is 8.46. The third-order valence-corrected chi connectivity index (χ3v) is 4.49. The fourth-order valence-corrected chi connectivity index (χ4v) is 3.31. The van der Waals surface area contributed by atoms with E-state index in [1.165, 1.54) is 29.7 Å². The largest absolute Gasteiger partial charge is 0.321 e. The molecule has 114 valence electrons. The molecule has 2 heterocycles. The van der Waals surface area contributed by atoms with Gasteiger partial charge in [-0.1, -0.05) is 37.1 Å². The molecule has 0 saturated heterocycles. The number of thiazole rings is 1. The van der Waals surface area contributed by atoms with E-state index in [1.807, 2.05) is 29.6 Å². The highest BCUT2D eigenvalue weighted by Crippen LogP contribution is 2.22. The van der Waals surface area contributed by atoms with Gasteiger partial charge >= 0.3 is 0 Å². The highest BCUT2D eigenvalue weighted by molar-refractivity contribution is 7.15. The Kier molecular flexibility index (Phi) is 4.45. The van der Waals surface area contributed by atoms with Crippen molar-refractivity contribution in [2.45, 2.75) is 26.2 Å². The van der Waals surface area contributed by atoms with Crippen molar-refractivity contribution in [3.05, 3.63) is 52.3 Å². The fourth-order valence-electron chi connectivity index (χ4n) is 2.29. The second kappa shape index (κ2) is 6.50. The maximum Gasteiger partial charge on any atom is 0.275 e. The number of imidazole rings is 1. The Morgan fingerprint density at radius 3 is 2.86 bits per heavy atom. The Labute approximate surface area is 137 Å². The number of carbonyl (C=O) groups is 1. The number of nitrogens with one attached hydrogen (secondary N) is 1. The van der Waals surface area contributed by atoms with Crippen LogP contribution in [0.25, 0.3) is 4.96 Å². The molecule has 22 heavy (non-hydrogen) atoms. The number of unbranched alkanes of at least 4 members (excludes halogenated alkanes) is 1. The molecule has 2 aromatic heterocycles. The predicted octanol–water partition coefficient (Wildman–Crippen LogP) is 4.64. The van der Waals surface area contributed by atoms with E-state index in [-0.39, 0.29) is 11.1 Å². The molecule has 3 aromatic rings. The summed E-state index contributed by atoms with van der Waals surface area (Å²) in [6.45, 7) is 2.18. The third-order valence-electron chi connectivity index (χ3n) is 3.47. The summed E-state index contributed by atoms with van der Waals surface area (Å²) in [5.74, 6) is -0.253. The predicted molar refractivity (Wildman–Crippen MR) is 91.1 cm³/mol. The molecule has 1 aromatic carbocycles. The van der Waals surface area contributed by atoms with Gasteiger partial charge in [0.2, 0.25) is 0 Å². The second-order valence-electron chi connectivity index (χ2n) is 5.06. The van der Waals surface area contributed by atoms with Crippen molar-refractivity contribution in [2.24, 2.45) is 0 Å². The third kappa shape index (κ3) is 3.00. The number of amides is 1. The molecule has 0 fully saturated rings. The minimum absolute atomic E-state index is 0.226. The maximum atomic E-state index is 12.4. The van der Waals surface area contributed by atoms with Gasteiger partial charge in [-0.15, -0.1) is 11.3 Å². The number of anilines is 1. The molecule has 0 atom stereocenters. The first-order chi connectivity index (χ1) is 10.7. The summed E-state index contributed by atoms with van der Waals surface area (Å²) in [6, 6.07) is 7.93. The first-order valence-electron chi connectivity index (χ1n) is 7.20. The summed E-state index contributed by atoms with van der Waals surface area (Å²) in [4.78, 5) is 17.3. The van der Waals surface area contributed by atoms with Gasteiger partial charge in [0, 0.05) is 17.3 Å². The molecule has 0 bridgehead atoms. The summed E-state index contributed by atoms with van der Waals surface area (Å²) < 4.78 is 1.71. The average Bonchev–Trinajstić information content (AvgIpc) is 3.06. The van der Waals surface area contributed by atoms with Gasteiger partial charge in [0.1, 0.15) is 0 Å². The van der Waals surface area contributed by atoms with Crippen LogP contribution in [0.2, 0.25) is 5.15 Å². The van der Waals surface area contributed by atoms with Crippen LogP contribution in [0.15, 0.2) is 35.8 Å². The van der Waals surface area contributed by atoms with Crippen molar-refractivity contribution < 1.29 is 4.79 Å². The molecule has 0 aliphatic rings. The molecule has 0 radical (unpaired) electrons. The summed E-state index contributed by atoms with van der Waals surface area (Å²) in [6.07, 6.45) is 5.21. The number of hydrogen-bond donors (Lipinski definition) is 1. The van der Waals surface area contributed by atoms with Gasteiger partial charge < -0.3 is 5.32 Å². The van der Waals surface area contributed by atoms with Crippen molar-refractivity contribution in [3.8, 4) is 0 Å². The molecule has 0 spiro atoms. The van der Waals surface area contributed by atoms with Gasteiger partial charge in [0.25, 0.3) is 5.91 Å². The lowest BCUT2D eigenvalue weighted by Crippen LogP contribution is -2.14. The molecule has 0 aliphatic carbocycles. The van der Waals surface area contributed by atoms with Crippen LogP contribution in [-0.4, -0.2) is 15.3 Å². The smallest absolute Gasteiger partial charge is 0.275 e. The maximum absolute atomic E-state index is 12.4. The van der Waals surface area contributed by atoms with E-state index in [0.717, 1.165) is 12.1 Å². The SMILES string of the molecule is CCCCc1ccc(NC(=O)c2c(Cl)nc3sccn23)cc1. The van der Waals surface area contributed by atoms with Gasteiger partial charge in [-0.05, 0) is 30.5 Å². The van der Waals surface area contributed by atoms with E-state index < -0.39 is 0 Å². The normalized spacial score (nSPS) is 11.0. The van der Waals surface area contributed by atoms with E-state index in [2.05, 4.69) is 17.2 Å². The molecule has 6 heteroatoms. The Hall–Kier alpha value is -1.85. The van der Waals surface area contributed by atoms with Gasteiger partial charge in [-0.25, -0.2) is 4.98 Å². The summed E-state index contributed by atoms with van der Waals surface area (Å²) in [5, 5.41) is 4.97. The van der Waals surface area contributed by atoms with Gasteiger partial charge in [-0.2, -0.15) is 0 Å². The molecule has 3 rings (SSSR count). The molecule has 4 nitrogen and oxygen atoms in total. The topological polar surface area (TPSA) is 46.4 Å². The van der Waals surface area contributed by atoms with Crippen LogP contribution >= 0.6 is 22.9 Å². The molecule has 1 amide bonds. The number of aromatic nitrogens is 2. The van der Waals surface area contributed by atoms with Gasteiger partial charge in [-0.3, -0.25) is 9.20 Å². The van der Waals surface area contributed by atoms with Crippen LogP contribution in [-0.2, 0) is 6.42 Å². The molecule has 0 saturated carbocycles. The van der Waals surface area contributed by atoms with Gasteiger partial charge in [0.15, 0.2) is 15.8 Å². The number of benzene rings is 1. The van der Waals surface area contributed by atoms with Crippen LogP contribution in [0.5, 0.6) is 0 Å². The molecular formula is C16H16ClN3OS. The Morgan fingerprint density at radius 2 is 2.14 bits per heavy atom. The lowest BCUT2D eigenvalue weighted by molar-refractivity contribution is 0.102. The Balaban J connectivity index is 1.76. The van der Waals surface area contributed by atoms with Crippen LogP contribution in [0, 0.1) is 0 Å². The quantitative estimate of drug-likeness (QED) is 0.739. The number of carbonyl (C=O) groups excluding carboxylic acids is 1. The number of aryl methyl sites for hydroxylation is 1. The van der Waals surface area contributed by atoms with Crippen LogP contribution in [0.3, 0.4) is 0 Å². The minimum atomic E-state index is -0.253. The number of nitrogens with zero attached hydrogens (tertiary/aromatic N) is 2. The lowest BCUT2D eigenvalue weighted by Gasteiger charge is -2.06. The number of halogens is 1. The van der Waals surface area contributed by atoms with E-state index in [9.17, 15) is 4.79 Å². The zero-order valence-electron chi connectivity index (χ0n) is 12.2. The molecule has 0 unspecified atom stereocenters. The number of rotatable bonds is 5. The van der Waals surface area contributed by atoms with Gasteiger partial charge in [0.05, 0.1) is 0 Å². The van der Waals surface area contributed by atoms with Crippen LogP contribution in [0.4, 0.5) is 5.69 Å². The summed E-state index contributed by atoms with van der Waals surface area (Å²) in [5.41, 5.74) is 2.40. The van der Waals surface area contributed by atoms with Crippen LogP contribution < -0.4 is 5.32 Å². The lowest BCUT2D eigenvalue weighted by atomic mass is 10.1. The van der Waals surface area contributed by atoms with Crippen molar-refractivity contribution in [1.29, 1.82) is 0 Å². The number of hydrogen-bond acceptors (Lipinski definition) is 3. The second-order valence-corrected chi connectivity index (χ2v) is 6.29. The summed E-state index contributed by atoms with van der Waals surface area (Å²) in [7, 11) is 0. The van der Waals surface area contributed by atoms with Crippen molar-refractivity contribution in [3.63, 3.8) is 0 Å². The first kappa shape index (κ1) is 15.1. The monoisotopic (exact) mass is 333 g/mol. The van der Waals surface area contributed by atoms with Crippen molar-refractivity contribution in [2.75, 3.05) is 5.32 Å². The zero-order chi connectivity index (χ0) is 15.5. The fraction of sp³-hybridized carbons (Fsp3) is 0.250. The zero-order valence-corrected chi connectivity index (χ0v) is 13.7. The highest BCUT2D eigenvalue weighted by Gasteiger charge is 2.18. The molecule has 0 aliphatic heterocycles. The van der Waals surface area contributed by atoms with Crippen molar-refractivity contribution >= 4 is 39.5 Å². The van der Waals surface area contributed by atoms with E-state index in [1.54, 1.807) is 10.6 Å². The Bertz CT molecular complexity index is 791. The number of fused-ring (bicyclic) bond motifs is 1. The Morgan fingerprint density at radius 1 is 1.36 bits per heavy atom. The van der Waals surface area contributed by atoms with E-state index in [4.69, 9.17) is 11.6 Å². The highest BCUT2D eigenvalue weighted by atomic mass is 35.5. The minimum Gasteiger partial charge on any atom is -0.321 e. The standard InChI is InChI=1S/C16H16ClN3OS/c1-2-3-4-11-5-7-12(8-6-11)18-15(21)13-14(17)19-16-20(13)9-10-22-16/h5-10H,2-4H2,1H3,(H,18,21). The van der Waals surface area contributed by atoms with Crippen molar-refractivity contribution in [1.82, 2.24) is 9.38 Å². The molecule has 1 N–H and O–H groups in total. The molecular weight excluding hydrogens is 318 g/mol.